The number of esters is 1. The molecule has 0 bridgehead atoms. The number of hydrogen-bond donors (Lipinski definition) is 0. The van der Waals surface area contributed by atoms with E-state index in [4.69, 9.17) is 16.3 Å². The van der Waals surface area contributed by atoms with E-state index >= 15 is 0 Å². The van der Waals surface area contributed by atoms with Crippen LogP contribution in [-0.2, 0) is 16.0 Å². The highest BCUT2D eigenvalue weighted by atomic mass is 35.5. The van der Waals surface area contributed by atoms with Gasteiger partial charge in [-0.1, -0.05) is 11.6 Å². The highest BCUT2D eigenvalue weighted by Gasteiger charge is 2.16. The molecule has 0 atom stereocenters. The van der Waals surface area contributed by atoms with E-state index < -0.39 is 12.6 Å². The molecule has 1 aromatic rings. The Morgan fingerprint density at radius 1 is 1.47 bits per heavy atom. The number of benzene rings is 1. The summed E-state index contributed by atoms with van der Waals surface area (Å²) >= 11 is 5.85. The van der Waals surface area contributed by atoms with Crippen LogP contribution in [0, 0.1) is 0 Å². The minimum absolute atomic E-state index is 0.00620. The molecule has 1 aromatic carbocycles. The van der Waals surface area contributed by atoms with Gasteiger partial charge in [0.05, 0.1) is 13.0 Å². The molecule has 0 aliphatic carbocycles. The highest BCUT2D eigenvalue weighted by molar-refractivity contribution is 6.32. The summed E-state index contributed by atoms with van der Waals surface area (Å²) in [4.78, 5) is 22.3. The maximum Gasteiger partial charge on any atom is 0.387 e. The molecule has 0 aliphatic rings. The van der Waals surface area contributed by atoms with Gasteiger partial charge in [0.1, 0.15) is 5.75 Å². The summed E-state index contributed by atoms with van der Waals surface area (Å²) in [5.41, 5.74) is 0.230. The van der Waals surface area contributed by atoms with Gasteiger partial charge in [-0.15, -0.1) is 0 Å². The van der Waals surface area contributed by atoms with E-state index in [-0.39, 0.29) is 34.9 Å². The van der Waals surface area contributed by atoms with Gasteiger partial charge in [0.2, 0.25) is 0 Å². The second-order valence-corrected chi connectivity index (χ2v) is 3.86. The van der Waals surface area contributed by atoms with Gasteiger partial charge < -0.3 is 9.47 Å². The number of carbonyl (C=O) groups is 2. The van der Waals surface area contributed by atoms with E-state index in [0.717, 1.165) is 12.1 Å². The Balaban J connectivity index is 3.04. The second-order valence-electron chi connectivity index (χ2n) is 3.45. The maximum absolute atomic E-state index is 12.1. The van der Waals surface area contributed by atoms with Gasteiger partial charge in [-0.25, -0.2) is 0 Å². The van der Waals surface area contributed by atoms with Gasteiger partial charge in [-0.3, -0.25) is 9.59 Å². The fourth-order valence-electron chi connectivity index (χ4n) is 1.45. The summed E-state index contributed by atoms with van der Waals surface area (Å²) in [6, 6.07) is 2.22. The van der Waals surface area contributed by atoms with Crippen LogP contribution in [0.2, 0.25) is 5.02 Å². The van der Waals surface area contributed by atoms with Crippen LogP contribution in [0.15, 0.2) is 12.1 Å². The van der Waals surface area contributed by atoms with Crippen LogP contribution in [0.5, 0.6) is 5.75 Å². The van der Waals surface area contributed by atoms with Crippen molar-refractivity contribution in [2.75, 3.05) is 6.61 Å². The Morgan fingerprint density at radius 2 is 2.16 bits per heavy atom. The molecule has 104 valence electrons. The van der Waals surface area contributed by atoms with Crippen molar-refractivity contribution in [3.8, 4) is 5.75 Å². The third kappa shape index (κ3) is 4.48. The molecule has 0 unspecified atom stereocenters. The standard InChI is InChI=1S/C12H11ClF2O4/c1-2-18-11(17)5-9-7(6-16)3-8(4-10(9)13)19-12(14)15/h3-4,6,12H,2,5H2,1H3. The molecule has 0 aliphatic heterocycles. The minimum Gasteiger partial charge on any atom is -0.466 e. The molecule has 0 fully saturated rings. The molecule has 0 saturated carbocycles. The van der Waals surface area contributed by atoms with Crippen molar-refractivity contribution in [1.29, 1.82) is 0 Å². The van der Waals surface area contributed by atoms with Crippen molar-refractivity contribution < 1.29 is 27.8 Å². The van der Waals surface area contributed by atoms with Gasteiger partial charge in [0, 0.05) is 10.6 Å². The lowest BCUT2D eigenvalue weighted by molar-refractivity contribution is -0.142. The van der Waals surface area contributed by atoms with Crippen LogP contribution in [0.3, 0.4) is 0 Å². The minimum atomic E-state index is -3.02. The van der Waals surface area contributed by atoms with Crippen LogP contribution < -0.4 is 4.74 Å². The fraction of sp³-hybridized carbons (Fsp3) is 0.333. The van der Waals surface area contributed by atoms with E-state index in [9.17, 15) is 18.4 Å². The first-order chi connectivity index (χ1) is 8.97. The molecular weight excluding hydrogens is 282 g/mol. The SMILES string of the molecule is CCOC(=O)Cc1c(Cl)cc(OC(F)F)cc1C=O. The zero-order valence-corrected chi connectivity index (χ0v) is 10.7. The predicted molar refractivity (Wildman–Crippen MR) is 63.8 cm³/mol. The zero-order chi connectivity index (χ0) is 14.4. The topological polar surface area (TPSA) is 52.6 Å². The zero-order valence-electron chi connectivity index (χ0n) is 9.99. The average Bonchev–Trinajstić information content (AvgIpc) is 2.31. The van der Waals surface area contributed by atoms with E-state index in [2.05, 4.69) is 4.74 Å². The average molecular weight is 293 g/mol. The van der Waals surface area contributed by atoms with E-state index in [1.807, 2.05) is 0 Å². The molecule has 0 aromatic heterocycles. The lowest BCUT2D eigenvalue weighted by atomic mass is 10.0. The Morgan fingerprint density at radius 3 is 2.68 bits per heavy atom. The molecule has 1 rings (SSSR count). The molecule has 4 nitrogen and oxygen atoms in total. The molecule has 0 radical (unpaired) electrons. The van der Waals surface area contributed by atoms with Crippen molar-refractivity contribution in [3.63, 3.8) is 0 Å². The molecular formula is C12H11ClF2O4. The van der Waals surface area contributed by atoms with Gasteiger partial charge in [-0.05, 0) is 24.6 Å². The van der Waals surface area contributed by atoms with Crippen molar-refractivity contribution in [3.05, 3.63) is 28.3 Å². The smallest absolute Gasteiger partial charge is 0.387 e. The Kier molecular flexibility index (Phi) is 5.69. The number of carbonyl (C=O) groups excluding carboxylic acids is 2. The number of aldehydes is 1. The molecule has 0 heterocycles. The van der Waals surface area contributed by atoms with Crippen LogP contribution in [0.4, 0.5) is 8.78 Å². The molecule has 7 heteroatoms. The van der Waals surface area contributed by atoms with E-state index in [0.29, 0.717) is 6.29 Å². The first kappa shape index (κ1) is 15.4. The predicted octanol–water partition coefficient (Wildman–Crippen LogP) is 2.86. The Hall–Kier alpha value is -1.69. The maximum atomic E-state index is 12.1. The largest absolute Gasteiger partial charge is 0.466 e. The van der Waals surface area contributed by atoms with E-state index in [1.165, 1.54) is 0 Å². The first-order valence-corrected chi connectivity index (χ1v) is 5.73. The lowest BCUT2D eigenvalue weighted by Gasteiger charge is -2.11. The molecule has 19 heavy (non-hydrogen) atoms. The van der Waals surface area contributed by atoms with Crippen molar-refractivity contribution in [2.45, 2.75) is 20.0 Å². The van der Waals surface area contributed by atoms with Crippen LogP contribution in [-0.4, -0.2) is 25.5 Å². The van der Waals surface area contributed by atoms with Crippen molar-refractivity contribution in [2.24, 2.45) is 0 Å². The van der Waals surface area contributed by atoms with Crippen LogP contribution in [0.25, 0.3) is 0 Å². The normalized spacial score (nSPS) is 10.4. The first-order valence-electron chi connectivity index (χ1n) is 5.36. The lowest BCUT2D eigenvalue weighted by Crippen LogP contribution is -2.10. The van der Waals surface area contributed by atoms with Crippen molar-refractivity contribution >= 4 is 23.9 Å². The summed E-state index contributed by atoms with van der Waals surface area (Å²) in [6.45, 7) is -1.19. The summed E-state index contributed by atoms with van der Waals surface area (Å²) in [7, 11) is 0. The number of alkyl halides is 2. The molecule has 0 saturated heterocycles. The second kappa shape index (κ2) is 7.04. The van der Waals surface area contributed by atoms with E-state index in [1.54, 1.807) is 6.92 Å². The highest BCUT2D eigenvalue weighted by Crippen LogP contribution is 2.27. The number of hydrogen-bond acceptors (Lipinski definition) is 4. The monoisotopic (exact) mass is 292 g/mol. The number of ether oxygens (including phenoxy) is 2. The molecule has 0 N–H and O–H groups in total. The van der Waals surface area contributed by atoms with Crippen LogP contribution >= 0.6 is 11.6 Å². The third-order valence-electron chi connectivity index (χ3n) is 2.18. The third-order valence-corrected chi connectivity index (χ3v) is 2.52. The summed E-state index contributed by atoms with van der Waals surface area (Å²) in [5, 5.41) is -0.00620. The van der Waals surface area contributed by atoms with Crippen molar-refractivity contribution in [1.82, 2.24) is 0 Å². The van der Waals surface area contributed by atoms with Gasteiger partial charge in [-0.2, -0.15) is 8.78 Å². The molecule has 0 amide bonds. The summed E-state index contributed by atoms with van der Waals surface area (Å²) in [6.07, 6.45) is 0.203. The molecule has 0 spiro atoms. The van der Waals surface area contributed by atoms with Gasteiger partial charge in [0.25, 0.3) is 0 Å². The quantitative estimate of drug-likeness (QED) is 0.597. The number of rotatable bonds is 6. The van der Waals surface area contributed by atoms with Gasteiger partial charge >= 0.3 is 12.6 Å². The Bertz CT molecular complexity index is 477. The number of halogens is 3. The Labute approximate surface area is 113 Å². The fourth-order valence-corrected chi connectivity index (χ4v) is 1.73. The summed E-state index contributed by atoms with van der Waals surface area (Å²) in [5.74, 6) is -0.801. The van der Waals surface area contributed by atoms with Gasteiger partial charge in [0.15, 0.2) is 6.29 Å². The van der Waals surface area contributed by atoms with Crippen LogP contribution in [0.1, 0.15) is 22.8 Å². The summed E-state index contributed by atoms with van der Waals surface area (Å²) < 4.78 is 33.0.